The van der Waals surface area contributed by atoms with Crippen LogP contribution in [0.5, 0.6) is 11.6 Å². The maximum absolute atomic E-state index is 11.1. The summed E-state index contributed by atoms with van der Waals surface area (Å²) in [6, 6.07) is 17.8. The van der Waals surface area contributed by atoms with Crippen LogP contribution in [0.3, 0.4) is 0 Å². The third-order valence-electron chi connectivity index (χ3n) is 6.63. The van der Waals surface area contributed by atoms with E-state index < -0.39 is 5.60 Å². The zero-order chi connectivity index (χ0) is 22.8. The second-order valence-corrected chi connectivity index (χ2v) is 10.1. The molecule has 5 rings (SSSR count). The van der Waals surface area contributed by atoms with Crippen LogP contribution < -0.4 is 4.74 Å². The first-order valence-electron chi connectivity index (χ1n) is 11.3. The Morgan fingerprint density at radius 3 is 2.70 bits per heavy atom. The monoisotopic (exact) mass is 524 g/mol. The molecule has 0 atom stereocenters. The number of halogens is 2. The van der Waals surface area contributed by atoms with E-state index in [2.05, 4.69) is 44.0 Å². The number of aromatic nitrogens is 1. The summed E-state index contributed by atoms with van der Waals surface area (Å²) in [5, 5.41) is 11.8. The number of fused-ring (bicyclic) bond motifs is 2. The molecule has 33 heavy (non-hydrogen) atoms. The van der Waals surface area contributed by atoms with Crippen LogP contribution in [-0.4, -0.2) is 34.6 Å². The van der Waals surface area contributed by atoms with Gasteiger partial charge in [-0.2, -0.15) is 0 Å². The lowest BCUT2D eigenvalue weighted by Gasteiger charge is -2.38. The Bertz CT molecular complexity index is 1170. The van der Waals surface area contributed by atoms with E-state index in [0.29, 0.717) is 10.9 Å². The van der Waals surface area contributed by atoms with Crippen molar-refractivity contribution < 1.29 is 9.84 Å². The number of ether oxygens (including phenoxy) is 1. The van der Waals surface area contributed by atoms with Crippen LogP contribution in [0.2, 0.25) is 5.02 Å². The molecule has 0 unspecified atom stereocenters. The molecule has 1 saturated heterocycles. The van der Waals surface area contributed by atoms with Crippen molar-refractivity contribution in [3.8, 4) is 11.6 Å². The van der Waals surface area contributed by atoms with Gasteiger partial charge in [0.2, 0.25) is 5.88 Å². The first-order chi connectivity index (χ1) is 16.0. The molecular weight excluding hydrogens is 500 g/mol. The highest BCUT2D eigenvalue weighted by atomic mass is 79.9. The smallest absolute Gasteiger partial charge is 0.226 e. The molecule has 6 heteroatoms. The van der Waals surface area contributed by atoms with Gasteiger partial charge in [-0.3, -0.25) is 0 Å². The second kappa shape index (κ2) is 9.59. The molecule has 0 spiro atoms. The standard InChI is InChI=1S/C27H26BrClN2O2/c28-22-7-10-25-20(18-22)17-19(24-4-1-13-30-26(24)33-25)3-2-14-31-15-11-27(32,12-16-31)21-5-8-23(29)9-6-21/h1,3-10,13,18,32H,2,11-12,14-17H2. The quantitative estimate of drug-likeness (QED) is 0.417. The summed E-state index contributed by atoms with van der Waals surface area (Å²) in [6.45, 7) is 2.71. The number of likely N-dealkylation sites (tertiary alicyclic amines) is 1. The molecule has 170 valence electrons. The van der Waals surface area contributed by atoms with Crippen LogP contribution >= 0.6 is 27.5 Å². The summed E-state index contributed by atoms with van der Waals surface area (Å²) in [5.74, 6) is 1.52. The molecule has 0 bridgehead atoms. The first kappa shape index (κ1) is 22.6. The minimum atomic E-state index is -0.764. The van der Waals surface area contributed by atoms with Gasteiger partial charge in [-0.1, -0.05) is 45.7 Å². The van der Waals surface area contributed by atoms with Gasteiger partial charge in [0.15, 0.2) is 0 Å². The van der Waals surface area contributed by atoms with E-state index in [-0.39, 0.29) is 0 Å². The fraction of sp³-hybridized carbons (Fsp3) is 0.296. The molecule has 0 saturated carbocycles. The number of benzene rings is 2. The molecule has 2 aromatic carbocycles. The highest BCUT2D eigenvalue weighted by Gasteiger charge is 2.33. The van der Waals surface area contributed by atoms with E-state index in [1.807, 2.05) is 42.5 Å². The lowest BCUT2D eigenvalue weighted by Crippen LogP contribution is -2.42. The van der Waals surface area contributed by atoms with Gasteiger partial charge in [0.1, 0.15) is 5.75 Å². The predicted molar refractivity (Wildman–Crippen MR) is 136 cm³/mol. The number of rotatable bonds is 4. The summed E-state index contributed by atoms with van der Waals surface area (Å²) in [7, 11) is 0. The minimum Gasteiger partial charge on any atom is -0.438 e. The molecule has 0 aliphatic carbocycles. The number of allylic oxidation sites excluding steroid dienone is 1. The van der Waals surface area contributed by atoms with E-state index >= 15 is 0 Å². The summed E-state index contributed by atoms with van der Waals surface area (Å²) in [4.78, 5) is 6.91. The lowest BCUT2D eigenvalue weighted by molar-refractivity contribution is -0.0254. The van der Waals surface area contributed by atoms with Gasteiger partial charge in [-0.15, -0.1) is 0 Å². The number of pyridine rings is 1. The van der Waals surface area contributed by atoms with Crippen molar-refractivity contribution in [1.29, 1.82) is 0 Å². The van der Waals surface area contributed by atoms with Crippen molar-refractivity contribution in [2.45, 2.75) is 31.3 Å². The molecule has 1 N–H and O–H groups in total. The van der Waals surface area contributed by atoms with Gasteiger partial charge in [-0.25, -0.2) is 4.98 Å². The molecule has 3 heterocycles. The van der Waals surface area contributed by atoms with Crippen LogP contribution in [0.15, 0.2) is 71.3 Å². The Balaban J connectivity index is 1.26. The van der Waals surface area contributed by atoms with Crippen molar-refractivity contribution in [2.75, 3.05) is 19.6 Å². The topological polar surface area (TPSA) is 45.6 Å². The van der Waals surface area contributed by atoms with Crippen LogP contribution in [0.4, 0.5) is 0 Å². The Morgan fingerprint density at radius 2 is 1.91 bits per heavy atom. The summed E-state index contributed by atoms with van der Waals surface area (Å²) in [5.41, 5.74) is 3.64. The lowest BCUT2D eigenvalue weighted by atomic mass is 9.84. The molecule has 2 aliphatic heterocycles. The van der Waals surface area contributed by atoms with E-state index in [0.717, 1.165) is 72.2 Å². The molecule has 1 aromatic heterocycles. The molecule has 0 radical (unpaired) electrons. The van der Waals surface area contributed by atoms with Crippen LogP contribution in [0.25, 0.3) is 5.57 Å². The van der Waals surface area contributed by atoms with Crippen molar-refractivity contribution >= 4 is 33.1 Å². The highest BCUT2D eigenvalue weighted by Crippen LogP contribution is 2.39. The minimum absolute atomic E-state index is 0.663. The third kappa shape index (κ3) is 5.02. The summed E-state index contributed by atoms with van der Waals surface area (Å²) in [6.07, 6.45) is 7.30. The number of aliphatic hydroxyl groups is 1. The van der Waals surface area contributed by atoms with Crippen molar-refractivity contribution in [2.24, 2.45) is 0 Å². The number of nitrogens with zero attached hydrogens (tertiary/aromatic N) is 2. The van der Waals surface area contributed by atoms with Gasteiger partial charge in [0, 0.05) is 52.9 Å². The third-order valence-corrected chi connectivity index (χ3v) is 7.37. The number of hydrogen-bond donors (Lipinski definition) is 1. The van der Waals surface area contributed by atoms with Gasteiger partial charge in [0.25, 0.3) is 0 Å². The van der Waals surface area contributed by atoms with Crippen LogP contribution in [-0.2, 0) is 12.0 Å². The normalized spacial score (nSPS) is 18.8. The Kier molecular flexibility index (Phi) is 6.57. The van der Waals surface area contributed by atoms with Crippen molar-refractivity contribution in [1.82, 2.24) is 9.88 Å². The predicted octanol–water partition coefficient (Wildman–Crippen LogP) is 6.60. The average Bonchev–Trinajstić information content (AvgIpc) is 2.97. The largest absolute Gasteiger partial charge is 0.438 e. The molecule has 3 aromatic rings. The van der Waals surface area contributed by atoms with Gasteiger partial charge >= 0.3 is 0 Å². The zero-order valence-electron chi connectivity index (χ0n) is 18.3. The van der Waals surface area contributed by atoms with E-state index in [9.17, 15) is 5.11 Å². The Morgan fingerprint density at radius 1 is 1.12 bits per heavy atom. The first-order valence-corrected chi connectivity index (χ1v) is 12.5. The zero-order valence-corrected chi connectivity index (χ0v) is 20.6. The van der Waals surface area contributed by atoms with Crippen LogP contribution in [0, 0.1) is 0 Å². The number of piperidine rings is 1. The van der Waals surface area contributed by atoms with E-state index in [4.69, 9.17) is 16.3 Å². The van der Waals surface area contributed by atoms with E-state index in [1.165, 1.54) is 5.57 Å². The summed E-state index contributed by atoms with van der Waals surface area (Å²) < 4.78 is 7.18. The van der Waals surface area contributed by atoms with Gasteiger partial charge < -0.3 is 14.7 Å². The second-order valence-electron chi connectivity index (χ2n) is 8.79. The maximum atomic E-state index is 11.1. The van der Waals surface area contributed by atoms with Crippen molar-refractivity contribution in [3.63, 3.8) is 0 Å². The Hall–Kier alpha value is -2.18. The molecule has 0 amide bonds. The van der Waals surface area contributed by atoms with Crippen LogP contribution in [0.1, 0.15) is 36.0 Å². The fourth-order valence-electron chi connectivity index (χ4n) is 4.71. The average molecular weight is 526 g/mol. The fourth-order valence-corrected chi connectivity index (χ4v) is 5.24. The van der Waals surface area contributed by atoms with Gasteiger partial charge in [0.05, 0.1) is 5.60 Å². The molecule has 2 aliphatic rings. The van der Waals surface area contributed by atoms with Crippen molar-refractivity contribution in [3.05, 3.63) is 93.1 Å². The van der Waals surface area contributed by atoms with E-state index in [1.54, 1.807) is 6.20 Å². The summed E-state index contributed by atoms with van der Waals surface area (Å²) >= 11 is 9.59. The molecule has 4 nitrogen and oxygen atoms in total. The SMILES string of the molecule is OC1(c2ccc(Cl)cc2)CCN(CCC=C2Cc3cc(Br)ccc3Oc3ncccc32)CC1. The molecule has 1 fully saturated rings. The van der Waals surface area contributed by atoms with Gasteiger partial charge in [-0.05, 0) is 72.9 Å². The molecular formula is C27H26BrClN2O2. The Labute approximate surface area is 208 Å². The number of hydrogen-bond acceptors (Lipinski definition) is 4. The maximum Gasteiger partial charge on any atom is 0.226 e. The highest BCUT2D eigenvalue weighted by molar-refractivity contribution is 9.10.